The maximum absolute atomic E-state index is 11.5. The number of rotatable bonds is 3. The standard InChI is InChI=1S/C12H16N2O2/c15-9-11-12(16)13-6-7-14(11)8-10-4-2-1-3-5-10/h1-5,11,15H,6-9H2,(H,13,16). The molecule has 1 saturated heterocycles. The first-order chi connectivity index (χ1) is 7.81. The molecule has 1 aromatic carbocycles. The van der Waals surface area contributed by atoms with Crippen LogP contribution in [0.4, 0.5) is 0 Å². The molecule has 1 atom stereocenters. The van der Waals surface area contributed by atoms with Crippen molar-refractivity contribution in [3.8, 4) is 0 Å². The summed E-state index contributed by atoms with van der Waals surface area (Å²) in [6, 6.07) is 9.58. The Balaban J connectivity index is 2.05. The summed E-state index contributed by atoms with van der Waals surface area (Å²) in [5.74, 6) is -0.0790. The summed E-state index contributed by atoms with van der Waals surface area (Å²) in [4.78, 5) is 13.5. The third-order valence-corrected chi connectivity index (χ3v) is 2.84. The molecular formula is C12H16N2O2. The lowest BCUT2D eigenvalue weighted by Crippen LogP contribution is -2.56. The fourth-order valence-corrected chi connectivity index (χ4v) is 1.97. The molecule has 0 saturated carbocycles. The average Bonchev–Trinajstić information content (AvgIpc) is 2.31. The Morgan fingerprint density at radius 1 is 1.38 bits per heavy atom. The van der Waals surface area contributed by atoms with Gasteiger partial charge in [0.05, 0.1) is 6.61 Å². The molecule has 16 heavy (non-hydrogen) atoms. The third-order valence-electron chi connectivity index (χ3n) is 2.84. The number of benzene rings is 1. The summed E-state index contributed by atoms with van der Waals surface area (Å²) in [5.41, 5.74) is 1.16. The zero-order valence-electron chi connectivity index (χ0n) is 9.10. The normalized spacial score (nSPS) is 21.8. The van der Waals surface area contributed by atoms with E-state index in [1.807, 2.05) is 35.2 Å². The molecule has 1 aromatic rings. The number of hydrogen-bond acceptors (Lipinski definition) is 3. The van der Waals surface area contributed by atoms with Gasteiger partial charge in [0.1, 0.15) is 6.04 Å². The minimum Gasteiger partial charge on any atom is -0.394 e. The zero-order chi connectivity index (χ0) is 11.4. The Morgan fingerprint density at radius 3 is 2.81 bits per heavy atom. The van der Waals surface area contributed by atoms with Gasteiger partial charge in [-0.3, -0.25) is 9.69 Å². The molecule has 4 heteroatoms. The molecule has 4 nitrogen and oxygen atoms in total. The van der Waals surface area contributed by atoms with Gasteiger partial charge in [-0.1, -0.05) is 30.3 Å². The maximum Gasteiger partial charge on any atom is 0.239 e. The lowest BCUT2D eigenvalue weighted by molar-refractivity contribution is -0.130. The van der Waals surface area contributed by atoms with E-state index in [0.717, 1.165) is 12.1 Å². The van der Waals surface area contributed by atoms with E-state index in [0.29, 0.717) is 13.1 Å². The van der Waals surface area contributed by atoms with Gasteiger partial charge in [0, 0.05) is 19.6 Å². The van der Waals surface area contributed by atoms with E-state index in [9.17, 15) is 9.90 Å². The van der Waals surface area contributed by atoms with E-state index in [1.54, 1.807) is 0 Å². The van der Waals surface area contributed by atoms with Crippen LogP contribution in [-0.2, 0) is 11.3 Å². The molecule has 0 aliphatic carbocycles. The van der Waals surface area contributed by atoms with Crippen molar-refractivity contribution in [1.29, 1.82) is 0 Å². The summed E-state index contributed by atoms with van der Waals surface area (Å²) >= 11 is 0. The fourth-order valence-electron chi connectivity index (χ4n) is 1.97. The van der Waals surface area contributed by atoms with E-state index in [-0.39, 0.29) is 12.5 Å². The predicted molar refractivity (Wildman–Crippen MR) is 60.7 cm³/mol. The van der Waals surface area contributed by atoms with Crippen LogP contribution in [0.2, 0.25) is 0 Å². The largest absolute Gasteiger partial charge is 0.394 e. The van der Waals surface area contributed by atoms with E-state index in [1.165, 1.54) is 0 Å². The van der Waals surface area contributed by atoms with Crippen LogP contribution >= 0.6 is 0 Å². The molecule has 0 bridgehead atoms. The summed E-state index contributed by atoms with van der Waals surface area (Å²) in [6.45, 7) is 2.02. The second-order valence-electron chi connectivity index (χ2n) is 3.95. The number of amides is 1. The Kier molecular flexibility index (Phi) is 3.54. The molecule has 0 spiro atoms. The van der Waals surface area contributed by atoms with Gasteiger partial charge in [0.2, 0.25) is 5.91 Å². The van der Waals surface area contributed by atoms with Gasteiger partial charge in [0.25, 0.3) is 0 Å². The number of nitrogens with zero attached hydrogens (tertiary/aromatic N) is 1. The minimum atomic E-state index is -0.408. The molecule has 1 aliphatic rings. The molecule has 1 amide bonds. The summed E-state index contributed by atoms with van der Waals surface area (Å²) in [6.07, 6.45) is 0. The van der Waals surface area contributed by atoms with Crippen LogP contribution in [0.3, 0.4) is 0 Å². The van der Waals surface area contributed by atoms with Crippen LogP contribution in [0.5, 0.6) is 0 Å². The van der Waals surface area contributed by atoms with Gasteiger partial charge >= 0.3 is 0 Å². The number of hydrogen-bond donors (Lipinski definition) is 2. The maximum atomic E-state index is 11.5. The van der Waals surface area contributed by atoms with Gasteiger partial charge in [-0.25, -0.2) is 0 Å². The van der Waals surface area contributed by atoms with Crippen molar-refractivity contribution in [2.75, 3.05) is 19.7 Å². The lowest BCUT2D eigenvalue weighted by atomic mass is 10.1. The van der Waals surface area contributed by atoms with E-state index in [2.05, 4.69) is 5.32 Å². The first-order valence-electron chi connectivity index (χ1n) is 5.48. The van der Waals surface area contributed by atoms with Crippen LogP contribution in [0.15, 0.2) is 30.3 Å². The number of aliphatic hydroxyl groups excluding tert-OH is 1. The van der Waals surface area contributed by atoms with Gasteiger partial charge in [-0.2, -0.15) is 0 Å². The van der Waals surface area contributed by atoms with Gasteiger partial charge in [-0.05, 0) is 5.56 Å². The number of carbonyl (C=O) groups is 1. The SMILES string of the molecule is O=C1NCCN(Cc2ccccc2)C1CO. The average molecular weight is 220 g/mol. The number of carbonyl (C=O) groups excluding carboxylic acids is 1. The topological polar surface area (TPSA) is 52.6 Å². The molecule has 2 rings (SSSR count). The molecule has 86 valence electrons. The highest BCUT2D eigenvalue weighted by Gasteiger charge is 2.28. The Morgan fingerprint density at radius 2 is 2.12 bits per heavy atom. The van der Waals surface area contributed by atoms with Crippen LogP contribution in [0.1, 0.15) is 5.56 Å². The van der Waals surface area contributed by atoms with Crippen molar-refractivity contribution in [1.82, 2.24) is 10.2 Å². The van der Waals surface area contributed by atoms with Crippen molar-refractivity contribution in [3.63, 3.8) is 0 Å². The summed E-state index contributed by atoms with van der Waals surface area (Å²) in [5, 5.41) is 12.0. The van der Waals surface area contributed by atoms with E-state index < -0.39 is 6.04 Å². The predicted octanol–water partition coefficient (Wildman–Crippen LogP) is -0.0207. The van der Waals surface area contributed by atoms with Crippen molar-refractivity contribution in [2.24, 2.45) is 0 Å². The molecule has 0 radical (unpaired) electrons. The van der Waals surface area contributed by atoms with Crippen LogP contribution in [0, 0.1) is 0 Å². The molecule has 1 heterocycles. The molecule has 0 aromatic heterocycles. The third kappa shape index (κ3) is 2.40. The monoisotopic (exact) mass is 220 g/mol. The number of nitrogens with one attached hydrogen (secondary N) is 1. The van der Waals surface area contributed by atoms with Crippen molar-refractivity contribution < 1.29 is 9.90 Å². The van der Waals surface area contributed by atoms with Crippen molar-refractivity contribution in [3.05, 3.63) is 35.9 Å². The molecule has 1 fully saturated rings. The lowest BCUT2D eigenvalue weighted by Gasteiger charge is -2.33. The van der Waals surface area contributed by atoms with E-state index in [4.69, 9.17) is 0 Å². The summed E-state index contributed by atoms with van der Waals surface area (Å²) < 4.78 is 0. The highest BCUT2D eigenvalue weighted by Crippen LogP contribution is 2.10. The van der Waals surface area contributed by atoms with Gasteiger partial charge in [0.15, 0.2) is 0 Å². The van der Waals surface area contributed by atoms with Crippen LogP contribution < -0.4 is 5.32 Å². The quantitative estimate of drug-likeness (QED) is 0.752. The van der Waals surface area contributed by atoms with Crippen molar-refractivity contribution >= 4 is 5.91 Å². The van der Waals surface area contributed by atoms with Crippen LogP contribution in [0.25, 0.3) is 0 Å². The Bertz CT molecular complexity index is 353. The Labute approximate surface area is 94.9 Å². The zero-order valence-corrected chi connectivity index (χ0v) is 9.10. The highest BCUT2D eigenvalue weighted by molar-refractivity contribution is 5.82. The first kappa shape index (κ1) is 11.1. The van der Waals surface area contributed by atoms with Gasteiger partial charge in [-0.15, -0.1) is 0 Å². The van der Waals surface area contributed by atoms with Crippen LogP contribution in [-0.4, -0.2) is 41.7 Å². The molecular weight excluding hydrogens is 204 g/mol. The second kappa shape index (κ2) is 5.09. The van der Waals surface area contributed by atoms with E-state index >= 15 is 0 Å². The summed E-state index contributed by atoms with van der Waals surface area (Å²) in [7, 11) is 0. The molecule has 2 N–H and O–H groups in total. The second-order valence-corrected chi connectivity index (χ2v) is 3.95. The van der Waals surface area contributed by atoms with Crippen molar-refractivity contribution in [2.45, 2.75) is 12.6 Å². The Hall–Kier alpha value is -1.39. The highest BCUT2D eigenvalue weighted by atomic mass is 16.3. The van der Waals surface area contributed by atoms with Gasteiger partial charge < -0.3 is 10.4 Å². The smallest absolute Gasteiger partial charge is 0.239 e. The molecule has 1 unspecified atom stereocenters. The first-order valence-corrected chi connectivity index (χ1v) is 5.48. The number of piperazine rings is 1. The molecule has 1 aliphatic heterocycles. The minimum absolute atomic E-state index is 0.0790. The number of aliphatic hydroxyl groups is 1. The fraction of sp³-hybridized carbons (Fsp3) is 0.417.